The Morgan fingerprint density at radius 1 is 0.458 bits per heavy atom. The number of allylic oxidation sites excluding steroid dienone is 2. The number of rotatable bonds is 19. The van der Waals surface area contributed by atoms with Crippen molar-refractivity contribution in [3.05, 3.63) is 24.3 Å². The van der Waals surface area contributed by atoms with E-state index in [0.717, 1.165) is 12.2 Å². The first kappa shape index (κ1) is 65.5. The highest BCUT2D eigenvalue weighted by Crippen LogP contribution is 2.44. The Kier molecular flexibility index (Phi) is 23.3. The Hall–Kier alpha value is -3.48. The van der Waals surface area contributed by atoms with Crippen LogP contribution in [0.1, 0.15) is 89.9 Å². The normalized spacial score (nSPS) is 46.2. The second kappa shape index (κ2) is 29.5. The summed E-state index contributed by atoms with van der Waals surface area (Å²) in [6, 6.07) is 0. The van der Waals surface area contributed by atoms with E-state index in [9.17, 15) is 90.7 Å². The van der Waals surface area contributed by atoms with Gasteiger partial charge in [0.1, 0.15) is 106 Å². The maximum Gasteiger partial charge on any atom is 0.330 e. The zero-order chi connectivity index (χ0) is 60.0. The van der Waals surface area contributed by atoms with Crippen molar-refractivity contribution in [2.75, 3.05) is 19.8 Å². The number of hydrogen-bond acceptors (Lipinski definition) is 27. The molecule has 16 N–H and O–H groups in total. The van der Waals surface area contributed by atoms with E-state index in [2.05, 4.69) is 0 Å². The van der Waals surface area contributed by atoms with Gasteiger partial charge in [-0.05, 0) is 82.5 Å². The molecule has 29 nitrogen and oxygen atoms in total. The number of carbonyl (C=O) groups is 4. The molecular formula is C54H83O29+. The molecule has 472 valence electrons. The first-order valence-corrected chi connectivity index (χ1v) is 28.7. The van der Waals surface area contributed by atoms with E-state index < -0.39 is 209 Å². The maximum atomic E-state index is 13.0. The van der Waals surface area contributed by atoms with Gasteiger partial charge in [-0.25, -0.2) is 9.59 Å². The summed E-state index contributed by atoms with van der Waals surface area (Å²) in [5.74, 6) is -5.51. The molecule has 8 rings (SSSR count). The monoisotopic (exact) mass is 1200 g/mol. The van der Waals surface area contributed by atoms with Crippen LogP contribution < -0.4 is 0 Å². The lowest BCUT2D eigenvalue weighted by Crippen LogP contribution is -2.63. The molecule has 4 heterocycles. The molecule has 8 fully saturated rings. The minimum atomic E-state index is -1.83. The summed E-state index contributed by atoms with van der Waals surface area (Å²) in [7, 11) is 0. The first-order valence-electron chi connectivity index (χ1n) is 28.7. The number of carboxylic acids is 1. The SMILES string of the molecule is O=C(O)CC(=O)OCC1OC(OC2CC3C(O)CC(OC4OC(COC(=O)C=CC5CCC(OC6OC(COC(=O)C=CC7CCC(O)C(O)C7)C(O)C(O)C6O)C(O)C5)C(O)C(O)C4O)CC3[OH+]C2C2CCC(O)CC2)C(O)C(O)C1O. The van der Waals surface area contributed by atoms with E-state index in [0.29, 0.717) is 44.9 Å². The van der Waals surface area contributed by atoms with Crippen molar-refractivity contribution >= 4 is 23.9 Å². The van der Waals surface area contributed by atoms with Gasteiger partial charge in [0.2, 0.25) is 0 Å². The third-order valence-electron chi connectivity index (χ3n) is 17.5. The number of aliphatic carboxylic acids is 1. The predicted molar refractivity (Wildman–Crippen MR) is 272 cm³/mol. The van der Waals surface area contributed by atoms with Crippen LogP contribution in [-0.2, 0) is 61.8 Å². The predicted octanol–water partition coefficient (Wildman–Crippen LogP) is -5.54. The molecule has 29 heteroatoms. The van der Waals surface area contributed by atoms with Gasteiger partial charge in [0.05, 0.1) is 48.6 Å². The van der Waals surface area contributed by atoms with E-state index in [1.165, 1.54) is 6.08 Å². The van der Waals surface area contributed by atoms with E-state index in [-0.39, 0.29) is 56.3 Å². The van der Waals surface area contributed by atoms with Crippen molar-refractivity contribution in [2.24, 2.45) is 23.7 Å². The summed E-state index contributed by atoms with van der Waals surface area (Å²) in [5, 5.41) is 159. The van der Waals surface area contributed by atoms with Crippen molar-refractivity contribution in [1.29, 1.82) is 0 Å². The number of esters is 3. The molecule has 0 aromatic rings. The van der Waals surface area contributed by atoms with E-state index in [4.69, 9.17) is 52.5 Å². The van der Waals surface area contributed by atoms with E-state index in [1.807, 2.05) is 0 Å². The van der Waals surface area contributed by atoms with Crippen LogP contribution in [-0.4, -0.2) is 278 Å². The van der Waals surface area contributed by atoms with Gasteiger partial charge in [0.25, 0.3) is 0 Å². The van der Waals surface area contributed by atoms with Crippen LogP contribution in [0.4, 0.5) is 0 Å². The summed E-state index contributed by atoms with van der Waals surface area (Å²) >= 11 is 0. The minimum absolute atomic E-state index is 0.0241. The lowest BCUT2D eigenvalue weighted by Gasteiger charge is -2.49. The topological polar surface area (TPSA) is 468 Å². The molecule has 4 saturated heterocycles. The highest BCUT2D eigenvalue weighted by molar-refractivity contribution is 5.90. The average molecular weight is 1200 g/mol. The molecule has 83 heavy (non-hydrogen) atoms. The van der Waals surface area contributed by atoms with Gasteiger partial charge in [-0.3, -0.25) is 9.59 Å². The Bertz CT molecular complexity index is 2180. The first-order chi connectivity index (χ1) is 39.4. The van der Waals surface area contributed by atoms with Crippen molar-refractivity contribution < 1.29 is 143 Å². The Morgan fingerprint density at radius 2 is 0.940 bits per heavy atom. The second-order valence-corrected chi connectivity index (χ2v) is 23.4. The Morgan fingerprint density at radius 3 is 1.45 bits per heavy atom. The summed E-state index contributed by atoms with van der Waals surface area (Å²) in [6.07, 6.45) is -24.6. The highest BCUT2D eigenvalue weighted by Gasteiger charge is 2.56. The fourth-order valence-corrected chi connectivity index (χ4v) is 12.6. The lowest BCUT2D eigenvalue weighted by atomic mass is 9.73. The third kappa shape index (κ3) is 16.8. The van der Waals surface area contributed by atoms with Gasteiger partial charge >= 0.3 is 23.9 Å². The molecule has 0 spiro atoms. The number of carbonyl (C=O) groups excluding carboxylic acids is 3. The number of aliphatic hydroxyl groups excluding tert-OH is 14. The molecule has 27 atom stereocenters. The van der Waals surface area contributed by atoms with Gasteiger partial charge in [0.15, 0.2) is 31.1 Å². The van der Waals surface area contributed by atoms with Crippen LogP contribution in [0.15, 0.2) is 24.3 Å². The zero-order valence-electron chi connectivity index (χ0n) is 45.5. The van der Waals surface area contributed by atoms with Gasteiger partial charge in [-0.15, -0.1) is 0 Å². The highest BCUT2D eigenvalue weighted by atomic mass is 16.7. The van der Waals surface area contributed by atoms with Crippen LogP contribution in [0.25, 0.3) is 0 Å². The molecule has 0 amide bonds. The summed E-state index contributed by atoms with van der Waals surface area (Å²) in [5.41, 5.74) is 0. The van der Waals surface area contributed by atoms with Crippen LogP contribution in [0.3, 0.4) is 0 Å². The van der Waals surface area contributed by atoms with E-state index in [1.54, 1.807) is 6.08 Å². The average Bonchev–Trinajstić information content (AvgIpc) is 3.62. The Labute approximate surface area is 476 Å². The Balaban J connectivity index is 0.800. The fraction of sp³-hybridized carbons (Fsp3) is 0.852. The fourth-order valence-electron chi connectivity index (χ4n) is 12.6. The summed E-state index contributed by atoms with van der Waals surface area (Å²) < 4.78 is 56.4. The van der Waals surface area contributed by atoms with Crippen LogP contribution in [0.5, 0.6) is 0 Å². The lowest BCUT2D eigenvalue weighted by molar-refractivity contribution is -0.361. The number of hydrogen-bond donors (Lipinski definition) is 15. The maximum absolute atomic E-state index is 13.0. The van der Waals surface area contributed by atoms with Crippen LogP contribution in [0.2, 0.25) is 0 Å². The van der Waals surface area contributed by atoms with Crippen molar-refractivity contribution in [1.82, 2.24) is 0 Å². The third-order valence-corrected chi connectivity index (χ3v) is 17.5. The molecule has 27 unspecified atom stereocenters. The standard InChI is InChI=1S/C54H82O29/c55-25-7-5-24(6-8-25)51-34(80-54-50(73)47(70)44(67)37(83-54)21-76-41(64)18-38(60)61)17-27-29(57)15-26(16-33(27)78-51)77-52-48(71)45(68)42(65)35(81-52)19-74-40(63)12-4-23-2-10-32(31(59)14-23)79-53-49(72)46(69)43(66)36(82-53)20-75-39(62)11-3-22-1-9-28(56)30(58)13-22/h3-4,11-12,22-37,42-59,65-73H,1-2,5-10,13-21H2,(H,60,61)/p+1. The zero-order valence-corrected chi connectivity index (χ0v) is 45.5. The minimum Gasteiger partial charge on any atom is -0.481 e. The molecule has 4 saturated carbocycles. The molecular weight excluding hydrogens is 1110 g/mol. The molecule has 8 aliphatic rings. The molecule has 4 aliphatic heterocycles. The quantitative estimate of drug-likeness (QED) is 0.0189. The molecule has 0 aromatic heterocycles. The molecule has 0 radical (unpaired) electrons. The van der Waals surface area contributed by atoms with Crippen LogP contribution in [0, 0.1) is 23.7 Å². The summed E-state index contributed by atoms with van der Waals surface area (Å²) in [6.45, 7) is -1.80. The number of carboxylic acid groups (broad SMARTS) is 1. The van der Waals surface area contributed by atoms with Gasteiger partial charge in [-0.1, -0.05) is 12.2 Å². The van der Waals surface area contributed by atoms with Gasteiger partial charge in [-0.2, -0.15) is 0 Å². The van der Waals surface area contributed by atoms with Gasteiger partial charge < -0.3 is 124 Å². The van der Waals surface area contributed by atoms with Crippen molar-refractivity contribution in [3.63, 3.8) is 0 Å². The summed E-state index contributed by atoms with van der Waals surface area (Å²) in [4.78, 5) is 48.3. The van der Waals surface area contributed by atoms with Gasteiger partial charge in [0, 0.05) is 30.9 Å². The van der Waals surface area contributed by atoms with Crippen molar-refractivity contribution in [2.45, 2.75) is 243 Å². The molecule has 4 aliphatic carbocycles. The van der Waals surface area contributed by atoms with Crippen molar-refractivity contribution in [3.8, 4) is 0 Å². The second-order valence-electron chi connectivity index (χ2n) is 23.4. The number of ether oxygens (including phenoxy) is 10. The number of fused-ring (bicyclic) bond motifs is 1. The molecule has 0 bridgehead atoms. The smallest absolute Gasteiger partial charge is 0.330 e. The largest absolute Gasteiger partial charge is 0.481 e. The number of aliphatic hydroxyl groups is 16. The molecule has 0 aromatic carbocycles. The van der Waals surface area contributed by atoms with E-state index >= 15 is 0 Å². The van der Waals surface area contributed by atoms with Crippen LogP contribution >= 0.6 is 0 Å².